The van der Waals surface area contributed by atoms with Gasteiger partial charge in [0.15, 0.2) is 5.13 Å². The molecule has 2 fully saturated rings. The van der Waals surface area contributed by atoms with E-state index in [0.29, 0.717) is 47.2 Å². The third-order valence-corrected chi connectivity index (χ3v) is 9.15. The number of rotatable bonds is 4. The van der Waals surface area contributed by atoms with E-state index in [1.54, 1.807) is 6.20 Å². The molecule has 1 aromatic carbocycles. The molecule has 2 aromatic rings. The molecule has 5 unspecified atom stereocenters. The molecule has 170 valence electrons. The lowest BCUT2D eigenvalue weighted by atomic mass is 9.54. The van der Waals surface area contributed by atoms with Crippen LogP contribution in [0.25, 0.3) is 0 Å². The standard InChI is InChI=1S/C25H31N3O3S/c1-13-12-27-24(32-13)28-22(31)6-4-15-10-21(30)25(2)8-7-16-17(23(15)25)5-3-14-9-20(29)19(26)11-18(14)16/h9,11-12,15-17,23,29H,3-8,10,26H2,1-2H3,(H,27,28,31). The predicted octanol–water partition coefficient (Wildman–Crippen LogP) is 4.81. The number of nitrogens with zero attached hydrogens (tertiary/aromatic N) is 1. The van der Waals surface area contributed by atoms with Crippen molar-refractivity contribution in [3.8, 4) is 5.75 Å². The van der Waals surface area contributed by atoms with Crippen molar-refractivity contribution >= 4 is 33.8 Å². The second kappa shape index (κ2) is 7.87. The lowest BCUT2D eigenvalue weighted by Gasteiger charge is -2.50. The number of carbonyl (C=O) groups is 2. The number of nitrogens with two attached hydrogens (primary N) is 1. The maximum absolute atomic E-state index is 13.1. The van der Waals surface area contributed by atoms with Gasteiger partial charge in [0.05, 0.1) is 5.69 Å². The first-order chi connectivity index (χ1) is 15.3. The Balaban J connectivity index is 1.35. The Labute approximate surface area is 192 Å². The Hall–Kier alpha value is -2.41. The van der Waals surface area contributed by atoms with Gasteiger partial charge in [-0.25, -0.2) is 4.98 Å². The Morgan fingerprint density at radius 1 is 1.38 bits per heavy atom. The fraction of sp³-hybridized carbons (Fsp3) is 0.560. The third-order valence-electron chi connectivity index (χ3n) is 8.33. The minimum absolute atomic E-state index is 0.0231. The van der Waals surface area contributed by atoms with Crippen molar-refractivity contribution < 1.29 is 14.7 Å². The SMILES string of the molecule is Cc1cnc(NC(=O)CCC2CC(=O)C3(C)CCC4c5cc(N)c(O)cc5CCC4C23)s1. The van der Waals surface area contributed by atoms with Crippen LogP contribution in [0, 0.1) is 30.1 Å². The molecule has 5 atom stereocenters. The zero-order valence-corrected chi connectivity index (χ0v) is 19.5. The van der Waals surface area contributed by atoms with E-state index in [4.69, 9.17) is 5.73 Å². The summed E-state index contributed by atoms with van der Waals surface area (Å²) in [6.45, 7) is 4.13. The van der Waals surface area contributed by atoms with Gasteiger partial charge in [-0.1, -0.05) is 6.92 Å². The lowest BCUT2D eigenvalue weighted by molar-refractivity contribution is -0.129. The smallest absolute Gasteiger partial charge is 0.226 e. The van der Waals surface area contributed by atoms with E-state index >= 15 is 0 Å². The number of thiazole rings is 1. The van der Waals surface area contributed by atoms with Crippen LogP contribution in [0.3, 0.4) is 0 Å². The molecule has 7 heteroatoms. The van der Waals surface area contributed by atoms with Gasteiger partial charge in [0.2, 0.25) is 5.91 Å². The number of nitrogens with one attached hydrogen (secondary N) is 1. The van der Waals surface area contributed by atoms with Gasteiger partial charge in [0, 0.05) is 29.3 Å². The number of anilines is 2. The van der Waals surface area contributed by atoms with E-state index in [0.717, 1.165) is 37.0 Å². The van der Waals surface area contributed by atoms with Gasteiger partial charge in [0.1, 0.15) is 11.5 Å². The van der Waals surface area contributed by atoms with Crippen molar-refractivity contribution in [2.45, 2.75) is 64.7 Å². The van der Waals surface area contributed by atoms with Crippen molar-refractivity contribution in [3.05, 3.63) is 34.3 Å². The van der Waals surface area contributed by atoms with Gasteiger partial charge in [-0.15, -0.1) is 11.3 Å². The summed E-state index contributed by atoms with van der Waals surface area (Å²) in [6, 6.07) is 3.79. The molecular formula is C25H31N3O3S. The Morgan fingerprint density at radius 2 is 2.19 bits per heavy atom. The molecule has 0 aliphatic heterocycles. The summed E-state index contributed by atoms with van der Waals surface area (Å²) in [5.41, 5.74) is 8.65. The van der Waals surface area contributed by atoms with Gasteiger partial charge < -0.3 is 16.2 Å². The van der Waals surface area contributed by atoms with Crippen LogP contribution in [-0.4, -0.2) is 21.8 Å². The maximum Gasteiger partial charge on any atom is 0.226 e. The van der Waals surface area contributed by atoms with E-state index in [2.05, 4.69) is 17.2 Å². The highest BCUT2D eigenvalue weighted by atomic mass is 32.1. The van der Waals surface area contributed by atoms with Gasteiger partial charge in [-0.2, -0.15) is 0 Å². The van der Waals surface area contributed by atoms with Crippen LogP contribution in [0.2, 0.25) is 0 Å². The third kappa shape index (κ3) is 3.51. The molecule has 2 saturated carbocycles. The highest BCUT2D eigenvalue weighted by molar-refractivity contribution is 7.15. The number of benzene rings is 1. The molecule has 1 heterocycles. The zero-order valence-electron chi connectivity index (χ0n) is 18.7. The molecule has 5 rings (SSSR count). The number of nitrogen functional groups attached to an aromatic ring is 1. The van der Waals surface area contributed by atoms with Gasteiger partial charge in [0.25, 0.3) is 0 Å². The topological polar surface area (TPSA) is 105 Å². The van der Waals surface area contributed by atoms with Crippen LogP contribution in [0.4, 0.5) is 10.8 Å². The lowest BCUT2D eigenvalue weighted by Crippen LogP contribution is -2.44. The number of Topliss-reactive ketones (excluding diaryl/α,β-unsaturated/α-hetero) is 1. The van der Waals surface area contributed by atoms with E-state index in [1.807, 2.05) is 19.1 Å². The van der Waals surface area contributed by atoms with Crippen molar-refractivity contribution in [1.82, 2.24) is 4.98 Å². The molecule has 0 spiro atoms. The average molecular weight is 454 g/mol. The van der Waals surface area contributed by atoms with Crippen LogP contribution in [0.1, 0.15) is 67.4 Å². The summed E-state index contributed by atoms with van der Waals surface area (Å²) in [7, 11) is 0. The number of hydrogen-bond donors (Lipinski definition) is 3. The first-order valence-corrected chi connectivity index (χ1v) is 12.4. The number of ketones is 1. The largest absolute Gasteiger partial charge is 0.506 e. The Kier molecular flexibility index (Phi) is 5.27. The number of aryl methyl sites for hydroxylation is 2. The number of phenols is 1. The predicted molar refractivity (Wildman–Crippen MR) is 126 cm³/mol. The molecular weight excluding hydrogens is 422 g/mol. The van der Waals surface area contributed by atoms with E-state index in [-0.39, 0.29) is 23.0 Å². The summed E-state index contributed by atoms with van der Waals surface area (Å²) in [4.78, 5) is 31.0. The number of carbonyl (C=O) groups excluding carboxylic acids is 2. The van der Waals surface area contributed by atoms with Crippen LogP contribution < -0.4 is 11.1 Å². The van der Waals surface area contributed by atoms with Crippen LogP contribution in [-0.2, 0) is 16.0 Å². The minimum Gasteiger partial charge on any atom is -0.506 e. The Morgan fingerprint density at radius 3 is 2.94 bits per heavy atom. The molecule has 0 bridgehead atoms. The summed E-state index contributed by atoms with van der Waals surface area (Å²) >= 11 is 1.48. The van der Waals surface area contributed by atoms with Crippen molar-refractivity contribution in [3.63, 3.8) is 0 Å². The highest BCUT2D eigenvalue weighted by Gasteiger charge is 2.58. The van der Waals surface area contributed by atoms with Crippen LogP contribution in [0.15, 0.2) is 18.3 Å². The quantitative estimate of drug-likeness (QED) is 0.455. The molecule has 0 radical (unpaired) electrons. The normalized spacial score (nSPS) is 31.0. The molecule has 6 nitrogen and oxygen atoms in total. The summed E-state index contributed by atoms with van der Waals surface area (Å²) in [5, 5.41) is 13.6. The van der Waals surface area contributed by atoms with E-state index in [9.17, 15) is 14.7 Å². The van der Waals surface area contributed by atoms with Crippen molar-refractivity contribution in [2.24, 2.45) is 23.2 Å². The number of fused-ring (bicyclic) bond motifs is 5. The summed E-state index contributed by atoms with van der Waals surface area (Å²) < 4.78 is 0. The maximum atomic E-state index is 13.1. The van der Waals surface area contributed by atoms with E-state index in [1.165, 1.54) is 22.5 Å². The molecule has 0 saturated heterocycles. The second-order valence-electron chi connectivity index (χ2n) is 10.2. The van der Waals surface area contributed by atoms with Gasteiger partial charge in [-0.3, -0.25) is 9.59 Å². The summed E-state index contributed by atoms with van der Waals surface area (Å²) in [6.07, 6.45) is 7.29. The van der Waals surface area contributed by atoms with Crippen molar-refractivity contribution in [2.75, 3.05) is 11.1 Å². The molecule has 3 aliphatic rings. The molecule has 32 heavy (non-hydrogen) atoms. The molecule has 1 amide bonds. The zero-order chi connectivity index (χ0) is 22.6. The van der Waals surface area contributed by atoms with Crippen LogP contribution in [0.5, 0.6) is 5.75 Å². The molecule has 4 N–H and O–H groups in total. The second-order valence-corrected chi connectivity index (χ2v) is 11.4. The highest BCUT2D eigenvalue weighted by Crippen LogP contribution is 2.62. The fourth-order valence-electron chi connectivity index (χ4n) is 6.86. The first-order valence-electron chi connectivity index (χ1n) is 11.6. The average Bonchev–Trinajstić information content (AvgIpc) is 3.27. The molecule has 1 aromatic heterocycles. The number of amides is 1. The number of aromatic hydroxyl groups is 1. The number of aromatic nitrogens is 1. The summed E-state index contributed by atoms with van der Waals surface area (Å²) in [5.74, 6) is 1.85. The minimum atomic E-state index is -0.283. The monoisotopic (exact) mass is 453 g/mol. The first kappa shape index (κ1) is 21.4. The Bertz CT molecular complexity index is 1080. The van der Waals surface area contributed by atoms with Crippen LogP contribution >= 0.6 is 11.3 Å². The number of phenolic OH excluding ortho intramolecular Hbond substituents is 1. The fourth-order valence-corrected chi connectivity index (χ4v) is 7.54. The number of hydrogen-bond acceptors (Lipinski definition) is 6. The van der Waals surface area contributed by atoms with Gasteiger partial charge in [-0.05, 0) is 86.0 Å². The van der Waals surface area contributed by atoms with E-state index < -0.39 is 0 Å². The molecule has 3 aliphatic carbocycles. The van der Waals surface area contributed by atoms with Gasteiger partial charge >= 0.3 is 0 Å². The van der Waals surface area contributed by atoms with Crippen molar-refractivity contribution in [1.29, 1.82) is 0 Å².